The van der Waals surface area contributed by atoms with Crippen molar-refractivity contribution in [3.8, 4) is 34.0 Å². The number of hydrogen-bond acceptors (Lipinski definition) is 6. The molecular formula is C21H23N3O3. The quantitative estimate of drug-likeness (QED) is 0.667. The molecule has 0 amide bonds. The molecule has 0 aliphatic rings. The Morgan fingerprint density at radius 1 is 0.852 bits per heavy atom. The first-order valence-electron chi connectivity index (χ1n) is 8.68. The van der Waals surface area contributed by atoms with Gasteiger partial charge >= 0.3 is 0 Å². The lowest BCUT2D eigenvalue weighted by Crippen LogP contribution is -2.09. The molecule has 0 atom stereocenters. The SMILES string of the molecule is COc1ccc(-c2cc(-c3ccc(C)cc3)nc(NCCO)n2)cc1OC. The molecule has 0 fully saturated rings. The molecule has 0 radical (unpaired) electrons. The van der Waals surface area contributed by atoms with Crippen LogP contribution in [0.25, 0.3) is 22.5 Å². The number of aliphatic hydroxyl groups excluding tert-OH is 1. The van der Waals surface area contributed by atoms with Crippen LogP contribution < -0.4 is 14.8 Å². The third kappa shape index (κ3) is 4.35. The molecule has 6 heteroatoms. The minimum Gasteiger partial charge on any atom is -0.493 e. The summed E-state index contributed by atoms with van der Waals surface area (Å²) in [7, 11) is 3.21. The topological polar surface area (TPSA) is 76.5 Å². The Kier molecular flexibility index (Phi) is 5.88. The number of aromatic nitrogens is 2. The smallest absolute Gasteiger partial charge is 0.223 e. The first-order chi connectivity index (χ1) is 13.1. The summed E-state index contributed by atoms with van der Waals surface area (Å²) in [6.07, 6.45) is 0. The van der Waals surface area contributed by atoms with Gasteiger partial charge in [-0.15, -0.1) is 0 Å². The van der Waals surface area contributed by atoms with Crippen LogP contribution >= 0.6 is 0 Å². The lowest BCUT2D eigenvalue weighted by Gasteiger charge is -2.12. The molecule has 3 rings (SSSR count). The summed E-state index contributed by atoms with van der Waals surface area (Å²) in [6, 6.07) is 15.8. The normalized spacial score (nSPS) is 10.5. The van der Waals surface area contributed by atoms with E-state index in [1.807, 2.05) is 55.5 Å². The van der Waals surface area contributed by atoms with Crippen molar-refractivity contribution in [1.82, 2.24) is 9.97 Å². The predicted octanol–water partition coefficient (Wildman–Crippen LogP) is 3.54. The molecule has 0 saturated heterocycles. The zero-order valence-corrected chi connectivity index (χ0v) is 15.7. The fraction of sp³-hybridized carbons (Fsp3) is 0.238. The average Bonchev–Trinajstić information content (AvgIpc) is 2.72. The van der Waals surface area contributed by atoms with E-state index in [4.69, 9.17) is 14.6 Å². The largest absolute Gasteiger partial charge is 0.493 e. The second-order valence-electron chi connectivity index (χ2n) is 6.05. The Hall–Kier alpha value is -3.12. The van der Waals surface area contributed by atoms with Crippen molar-refractivity contribution in [2.24, 2.45) is 0 Å². The molecule has 0 unspecified atom stereocenters. The van der Waals surface area contributed by atoms with E-state index in [-0.39, 0.29) is 6.61 Å². The molecule has 27 heavy (non-hydrogen) atoms. The van der Waals surface area contributed by atoms with Crippen LogP contribution in [0.5, 0.6) is 11.5 Å². The van der Waals surface area contributed by atoms with Gasteiger partial charge in [-0.05, 0) is 31.2 Å². The molecule has 6 nitrogen and oxygen atoms in total. The lowest BCUT2D eigenvalue weighted by atomic mass is 10.1. The standard InChI is InChI=1S/C21H23N3O3/c1-14-4-6-15(7-5-14)17-13-18(24-21(23-17)22-10-11-25)16-8-9-19(26-2)20(12-16)27-3/h4-9,12-13,25H,10-11H2,1-3H3,(H,22,23,24). The van der Waals surface area contributed by atoms with Gasteiger partial charge in [-0.1, -0.05) is 29.8 Å². The van der Waals surface area contributed by atoms with Crippen LogP contribution in [0, 0.1) is 6.92 Å². The molecule has 0 saturated carbocycles. The second-order valence-corrected chi connectivity index (χ2v) is 6.05. The Balaban J connectivity index is 2.08. The number of hydrogen-bond donors (Lipinski definition) is 2. The highest BCUT2D eigenvalue weighted by molar-refractivity contribution is 5.71. The first kappa shape index (κ1) is 18.7. The number of benzene rings is 2. The highest BCUT2D eigenvalue weighted by atomic mass is 16.5. The van der Waals surface area contributed by atoms with Gasteiger partial charge in [-0.25, -0.2) is 9.97 Å². The highest BCUT2D eigenvalue weighted by Gasteiger charge is 2.11. The highest BCUT2D eigenvalue weighted by Crippen LogP contribution is 2.33. The van der Waals surface area contributed by atoms with E-state index in [2.05, 4.69) is 15.3 Å². The molecule has 0 aliphatic carbocycles. The Labute approximate surface area is 158 Å². The van der Waals surface area contributed by atoms with Crippen LogP contribution in [0.2, 0.25) is 0 Å². The summed E-state index contributed by atoms with van der Waals surface area (Å²) in [5, 5.41) is 12.2. The van der Waals surface area contributed by atoms with Crippen molar-refractivity contribution < 1.29 is 14.6 Å². The zero-order chi connectivity index (χ0) is 19.2. The van der Waals surface area contributed by atoms with Gasteiger partial charge in [0.25, 0.3) is 0 Å². The fourth-order valence-corrected chi connectivity index (χ4v) is 2.71. The Bertz CT molecular complexity index is 911. The van der Waals surface area contributed by atoms with Gasteiger partial charge in [-0.3, -0.25) is 0 Å². The van der Waals surface area contributed by atoms with Gasteiger partial charge in [0.05, 0.1) is 32.2 Å². The molecule has 1 heterocycles. The molecule has 2 N–H and O–H groups in total. The maximum absolute atomic E-state index is 9.11. The van der Waals surface area contributed by atoms with Crippen molar-refractivity contribution in [2.75, 3.05) is 32.7 Å². The summed E-state index contributed by atoms with van der Waals surface area (Å²) in [6.45, 7) is 2.43. The van der Waals surface area contributed by atoms with Crippen LogP contribution in [-0.4, -0.2) is 42.4 Å². The first-order valence-corrected chi connectivity index (χ1v) is 8.68. The molecule has 0 spiro atoms. The molecular weight excluding hydrogens is 342 g/mol. The van der Waals surface area contributed by atoms with Crippen molar-refractivity contribution in [3.63, 3.8) is 0 Å². The van der Waals surface area contributed by atoms with Crippen molar-refractivity contribution in [1.29, 1.82) is 0 Å². The van der Waals surface area contributed by atoms with Crippen LogP contribution in [0.4, 0.5) is 5.95 Å². The van der Waals surface area contributed by atoms with Gasteiger partial charge < -0.3 is 19.9 Å². The van der Waals surface area contributed by atoms with Crippen molar-refractivity contribution in [2.45, 2.75) is 6.92 Å². The molecule has 0 aliphatic heterocycles. The third-order valence-electron chi connectivity index (χ3n) is 4.15. The second kappa shape index (κ2) is 8.51. The maximum Gasteiger partial charge on any atom is 0.223 e. The van der Waals surface area contributed by atoms with Gasteiger partial charge in [-0.2, -0.15) is 0 Å². The minimum atomic E-state index is 0.00378. The van der Waals surface area contributed by atoms with Crippen LogP contribution in [0.15, 0.2) is 48.5 Å². The Morgan fingerprint density at radius 2 is 1.48 bits per heavy atom. The van der Waals surface area contributed by atoms with E-state index in [9.17, 15) is 0 Å². The summed E-state index contributed by atoms with van der Waals surface area (Å²) < 4.78 is 10.7. The van der Waals surface area contributed by atoms with E-state index in [0.717, 1.165) is 22.5 Å². The van der Waals surface area contributed by atoms with Crippen molar-refractivity contribution in [3.05, 3.63) is 54.1 Å². The van der Waals surface area contributed by atoms with E-state index in [0.29, 0.717) is 24.0 Å². The van der Waals surface area contributed by atoms with E-state index in [1.165, 1.54) is 5.56 Å². The van der Waals surface area contributed by atoms with Gasteiger partial charge in [0, 0.05) is 17.7 Å². The number of aliphatic hydroxyl groups is 1. The summed E-state index contributed by atoms with van der Waals surface area (Å²) in [5.41, 5.74) is 4.62. The maximum atomic E-state index is 9.11. The third-order valence-corrected chi connectivity index (χ3v) is 4.15. The van der Waals surface area contributed by atoms with Crippen LogP contribution in [0.1, 0.15) is 5.56 Å². The van der Waals surface area contributed by atoms with E-state index in [1.54, 1.807) is 14.2 Å². The number of nitrogens with one attached hydrogen (secondary N) is 1. The van der Waals surface area contributed by atoms with Gasteiger partial charge in [0.15, 0.2) is 11.5 Å². The molecule has 3 aromatic rings. The summed E-state index contributed by atoms with van der Waals surface area (Å²) in [4.78, 5) is 9.17. The van der Waals surface area contributed by atoms with Gasteiger partial charge in [0.2, 0.25) is 5.95 Å². The summed E-state index contributed by atoms with van der Waals surface area (Å²) in [5.74, 6) is 1.76. The molecule has 140 valence electrons. The predicted molar refractivity (Wildman–Crippen MR) is 106 cm³/mol. The number of aryl methyl sites for hydroxylation is 1. The number of methoxy groups -OCH3 is 2. The molecule has 2 aromatic carbocycles. The molecule has 0 bridgehead atoms. The van der Waals surface area contributed by atoms with E-state index >= 15 is 0 Å². The Morgan fingerprint density at radius 3 is 2.11 bits per heavy atom. The number of rotatable bonds is 7. The monoisotopic (exact) mass is 365 g/mol. The minimum absolute atomic E-state index is 0.00378. The zero-order valence-electron chi connectivity index (χ0n) is 15.7. The van der Waals surface area contributed by atoms with Crippen molar-refractivity contribution >= 4 is 5.95 Å². The average molecular weight is 365 g/mol. The number of ether oxygens (including phenoxy) is 2. The van der Waals surface area contributed by atoms with Gasteiger partial charge in [0.1, 0.15) is 0 Å². The van der Waals surface area contributed by atoms with E-state index < -0.39 is 0 Å². The lowest BCUT2D eigenvalue weighted by molar-refractivity contribution is 0.311. The number of nitrogens with zero attached hydrogens (tertiary/aromatic N) is 2. The summed E-state index contributed by atoms with van der Waals surface area (Å²) >= 11 is 0. The number of anilines is 1. The fourth-order valence-electron chi connectivity index (χ4n) is 2.71. The molecule has 1 aromatic heterocycles. The van der Waals surface area contributed by atoms with Crippen LogP contribution in [0.3, 0.4) is 0 Å². The van der Waals surface area contributed by atoms with Crippen LogP contribution in [-0.2, 0) is 0 Å².